The second kappa shape index (κ2) is 6.67. The van der Waals surface area contributed by atoms with E-state index in [0.717, 1.165) is 35.4 Å². The fraction of sp³-hybridized carbons (Fsp3) is 0.533. The summed E-state index contributed by atoms with van der Waals surface area (Å²) < 4.78 is 6.81. The number of carbonyl (C=O) groups is 1. The van der Waals surface area contributed by atoms with Gasteiger partial charge in [-0.1, -0.05) is 0 Å². The van der Waals surface area contributed by atoms with Crippen molar-refractivity contribution in [2.45, 2.75) is 33.7 Å². The molecule has 0 fully saturated rings. The molecule has 2 heterocycles. The van der Waals surface area contributed by atoms with E-state index >= 15 is 0 Å². The fourth-order valence-corrected chi connectivity index (χ4v) is 2.39. The first-order valence-electron chi connectivity index (χ1n) is 7.20. The summed E-state index contributed by atoms with van der Waals surface area (Å²) in [5, 5.41) is 8.22. The molecule has 2 rings (SSSR count). The number of hydrogen-bond donors (Lipinski definition) is 1. The minimum Gasteiger partial charge on any atom is -0.385 e. The molecule has 0 bridgehead atoms. The lowest BCUT2D eigenvalue weighted by Gasteiger charge is -2.08. The quantitative estimate of drug-likeness (QED) is 0.824. The van der Waals surface area contributed by atoms with Crippen LogP contribution in [0.3, 0.4) is 0 Å². The van der Waals surface area contributed by atoms with Crippen molar-refractivity contribution in [3.05, 3.63) is 23.0 Å². The van der Waals surface area contributed by atoms with E-state index in [1.54, 1.807) is 7.11 Å². The summed E-state index contributed by atoms with van der Waals surface area (Å²) >= 11 is 0. The Kier molecular flexibility index (Phi) is 4.90. The van der Waals surface area contributed by atoms with E-state index in [-0.39, 0.29) is 5.91 Å². The van der Waals surface area contributed by atoms with Crippen LogP contribution in [0.4, 0.5) is 0 Å². The molecule has 6 heteroatoms. The number of nitrogens with zero attached hydrogens (tertiary/aromatic N) is 3. The Morgan fingerprint density at radius 3 is 2.86 bits per heavy atom. The Labute approximate surface area is 124 Å². The second-order valence-corrected chi connectivity index (χ2v) is 5.01. The summed E-state index contributed by atoms with van der Waals surface area (Å²) in [6.07, 6.45) is 0.794. The lowest BCUT2D eigenvalue weighted by atomic mass is 10.1. The fourth-order valence-electron chi connectivity index (χ4n) is 2.39. The number of pyridine rings is 1. The standard InChI is InChI=1S/C15H22N4O2/c1-5-19-14-13(11(3)18-19)12(9-10(2)17-14)15(20)16-7-6-8-21-4/h9H,5-8H2,1-4H3,(H,16,20). The molecule has 0 aliphatic heterocycles. The molecule has 0 saturated heterocycles. The summed E-state index contributed by atoms with van der Waals surface area (Å²) in [7, 11) is 1.65. The SMILES string of the molecule is CCn1nc(C)c2c(C(=O)NCCCOC)cc(C)nc21. The number of aryl methyl sites for hydroxylation is 3. The van der Waals surface area contributed by atoms with Crippen molar-refractivity contribution in [2.75, 3.05) is 20.3 Å². The molecule has 6 nitrogen and oxygen atoms in total. The number of ether oxygens (including phenoxy) is 1. The van der Waals surface area contributed by atoms with E-state index in [0.29, 0.717) is 18.7 Å². The molecule has 0 atom stereocenters. The molecular formula is C15H22N4O2. The number of aromatic nitrogens is 3. The molecule has 1 amide bonds. The highest BCUT2D eigenvalue weighted by Crippen LogP contribution is 2.22. The van der Waals surface area contributed by atoms with E-state index in [1.165, 1.54) is 0 Å². The minimum absolute atomic E-state index is 0.0830. The number of nitrogens with one attached hydrogen (secondary N) is 1. The van der Waals surface area contributed by atoms with Gasteiger partial charge in [0.1, 0.15) is 0 Å². The summed E-state index contributed by atoms with van der Waals surface area (Å²) in [5.74, 6) is -0.0830. The van der Waals surface area contributed by atoms with E-state index < -0.39 is 0 Å². The summed E-state index contributed by atoms with van der Waals surface area (Å²) in [5.41, 5.74) is 3.07. The maximum atomic E-state index is 12.4. The largest absolute Gasteiger partial charge is 0.385 e. The molecule has 1 N–H and O–H groups in total. The van der Waals surface area contributed by atoms with Crippen LogP contribution in [0.1, 0.15) is 35.1 Å². The van der Waals surface area contributed by atoms with Crippen molar-refractivity contribution in [3.63, 3.8) is 0 Å². The molecule has 0 spiro atoms. The first-order chi connectivity index (χ1) is 10.1. The third-order valence-electron chi connectivity index (χ3n) is 3.36. The Bertz CT molecular complexity index is 649. The number of hydrogen-bond acceptors (Lipinski definition) is 4. The summed E-state index contributed by atoms with van der Waals surface area (Å²) in [4.78, 5) is 16.9. The molecule has 0 saturated carbocycles. The first-order valence-corrected chi connectivity index (χ1v) is 7.20. The lowest BCUT2D eigenvalue weighted by molar-refractivity contribution is 0.0950. The monoisotopic (exact) mass is 290 g/mol. The van der Waals surface area contributed by atoms with Crippen molar-refractivity contribution < 1.29 is 9.53 Å². The van der Waals surface area contributed by atoms with Gasteiger partial charge < -0.3 is 10.1 Å². The molecule has 0 aliphatic rings. The van der Waals surface area contributed by atoms with Gasteiger partial charge in [0.15, 0.2) is 5.65 Å². The van der Waals surface area contributed by atoms with E-state index in [4.69, 9.17) is 4.74 Å². The van der Waals surface area contributed by atoms with Crippen LogP contribution >= 0.6 is 0 Å². The third kappa shape index (κ3) is 3.21. The van der Waals surface area contributed by atoms with Gasteiger partial charge in [0.25, 0.3) is 5.91 Å². The zero-order chi connectivity index (χ0) is 15.4. The maximum absolute atomic E-state index is 12.4. The van der Waals surface area contributed by atoms with Gasteiger partial charge in [0.2, 0.25) is 0 Å². The number of amides is 1. The van der Waals surface area contributed by atoms with Crippen LogP contribution in [0.25, 0.3) is 11.0 Å². The Balaban J connectivity index is 2.34. The average Bonchev–Trinajstić information content (AvgIpc) is 2.78. The molecule has 2 aromatic heterocycles. The number of carbonyl (C=O) groups excluding carboxylic acids is 1. The van der Waals surface area contributed by atoms with Gasteiger partial charge in [-0.3, -0.25) is 4.79 Å². The predicted octanol–water partition coefficient (Wildman–Crippen LogP) is 1.83. The van der Waals surface area contributed by atoms with Crippen LogP contribution < -0.4 is 5.32 Å². The number of rotatable bonds is 6. The van der Waals surface area contributed by atoms with Gasteiger partial charge in [-0.15, -0.1) is 0 Å². The summed E-state index contributed by atoms with van der Waals surface area (Å²) in [6.45, 7) is 7.78. The molecular weight excluding hydrogens is 268 g/mol. The van der Waals surface area contributed by atoms with Gasteiger partial charge in [-0.25, -0.2) is 9.67 Å². The smallest absolute Gasteiger partial charge is 0.252 e. The van der Waals surface area contributed by atoms with Crippen molar-refractivity contribution in [1.82, 2.24) is 20.1 Å². The van der Waals surface area contributed by atoms with Crippen LogP contribution in [0.5, 0.6) is 0 Å². The molecule has 114 valence electrons. The molecule has 0 aliphatic carbocycles. The highest BCUT2D eigenvalue weighted by atomic mass is 16.5. The van der Waals surface area contributed by atoms with Gasteiger partial charge in [-0.05, 0) is 33.3 Å². The van der Waals surface area contributed by atoms with Crippen LogP contribution in [0.15, 0.2) is 6.07 Å². The summed E-state index contributed by atoms with van der Waals surface area (Å²) in [6, 6.07) is 1.82. The molecule has 0 aromatic carbocycles. The zero-order valence-electron chi connectivity index (χ0n) is 13.1. The lowest BCUT2D eigenvalue weighted by Crippen LogP contribution is -2.25. The van der Waals surface area contributed by atoms with E-state index in [1.807, 2.05) is 31.5 Å². The van der Waals surface area contributed by atoms with Crippen LogP contribution in [0.2, 0.25) is 0 Å². The van der Waals surface area contributed by atoms with Gasteiger partial charge >= 0.3 is 0 Å². The maximum Gasteiger partial charge on any atom is 0.252 e. The van der Waals surface area contributed by atoms with Crippen LogP contribution in [-0.2, 0) is 11.3 Å². The molecule has 0 radical (unpaired) electrons. The Hall–Kier alpha value is -1.95. The Morgan fingerprint density at radius 1 is 1.43 bits per heavy atom. The van der Waals surface area contributed by atoms with Crippen molar-refractivity contribution >= 4 is 16.9 Å². The van der Waals surface area contributed by atoms with Crippen molar-refractivity contribution in [2.24, 2.45) is 0 Å². The second-order valence-electron chi connectivity index (χ2n) is 5.01. The van der Waals surface area contributed by atoms with E-state index in [2.05, 4.69) is 15.4 Å². The minimum atomic E-state index is -0.0830. The predicted molar refractivity (Wildman–Crippen MR) is 81.5 cm³/mol. The van der Waals surface area contributed by atoms with Gasteiger partial charge in [0, 0.05) is 32.5 Å². The van der Waals surface area contributed by atoms with Gasteiger partial charge in [0.05, 0.1) is 16.6 Å². The van der Waals surface area contributed by atoms with Crippen molar-refractivity contribution in [3.8, 4) is 0 Å². The highest BCUT2D eigenvalue weighted by Gasteiger charge is 2.17. The molecule has 2 aromatic rings. The molecule has 0 unspecified atom stereocenters. The van der Waals surface area contributed by atoms with Crippen LogP contribution in [0, 0.1) is 13.8 Å². The average molecular weight is 290 g/mol. The normalized spacial score (nSPS) is 11.0. The van der Waals surface area contributed by atoms with Crippen LogP contribution in [-0.4, -0.2) is 40.9 Å². The van der Waals surface area contributed by atoms with Crippen molar-refractivity contribution in [1.29, 1.82) is 0 Å². The third-order valence-corrected chi connectivity index (χ3v) is 3.36. The number of methoxy groups -OCH3 is 1. The molecule has 21 heavy (non-hydrogen) atoms. The van der Waals surface area contributed by atoms with Gasteiger partial charge in [-0.2, -0.15) is 5.10 Å². The number of fused-ring (bicyclic) bond motifs is 1. The highest BCUT2D eigenvalue weighted by molar-refractivity contribution is 6.06. The topological polar surface area (TPSA) is 69.0 Å². The van der Waals surface area contributed by atoms with E-state index in [9.17, 15) is 4.79 Å². The zero-order valence-corrected chi connectivity index (χ0v) is 13.1. The Morgan fingerprint density at radius 2 is 2.19 bits per heavy atom. The first kappa shape index (κ1) is 15.4.